The summed E-state index contributed by atoms with van der Waals surface area (Å²) in [4.78, 5) is 21.1. The molecule has 0 atom stereocenters. The second kappa shape index (κ2) is 10.3. The number of carbonyl (C=O) groups excluding carboxylic acids is 1. The number of aryl methyl sites for hydroxylation is 2. The summed E-state index contributed by atoms with van der Waals surface area (Å²) >= 11 is 0. The molecule has 0 unspecified atom stereocenters. The molecule has 1 N–H and O–H groups in total. The first-order valence-corrected chi connectivity index (χ1v) is 10.7. The van der Waals surface area contributed by atoms with Crippen LogP contribution < -0.4 is 9.64 Å². The SMILES string of the molecule is COc1ccc(C(=O)N(CC[NH+](C)C)Cc2nccn2Cc2cc(C)ccc2C)cc1. The molecule has 0 saturated carbocycles. The molecule has 2 aromatic carbocycles. The number of likely N-dealkylation sites (N-methyl/N-ethyl adjacent to an activating group) is 1. The molecular formula is C25H33N4O2+. The molecule has 164 valence electrons. The van der Waals surface area contributed by atoms with E-state index in [0.717, 1.165) is 24.7 Å². The van der Waals surface area contributed by atoms with Crippen molar-refractivity contribution in [1.29, 1.82) is 0 Å². The molecule has 31 heavy (non-hydrogen) atoms. The number of amides is 1. The number of nitrogens with zero attached hydrogens (tertiary/aromatic N) is 3. The van der Waals surface area contributed by atoms with Crippen LogP contribution in [0.1, 0.15) is 32.9 Å². The minimum Gasteiger partial charge on any atom is -0.497 e. The second-order valence-electron chi connectivity index (χ2n) is 8.31. The number of aromatic nitrogens is 2. The van der Waals surface area contributed by atoms with Gasteiger partial charge in [0.25, 0.3) is 5.91 Å². The lowest BCUT2D eigenvalue weighted by atomic mass is 10.1. The number of nitrogens with one attached hydrogen (secondary N) is 1. The highest BCUT2D eigenvalue weighted by molar-refractivity contribution is 5.94. The van der Waals surface area contributed by atoms with Crippen LogP contribution in [0.5, 0.6) is 5.75 Å². The average Bonchev–Trinajstić information content (AvgIpc) is 3.19. The molecule has 0 fully saturated rings. The number of hydrogen-bond acceptors (Lipinski definition) is 3. The molecule has 1 amide bonds. The van der Waals surface area contributed by atoms with Gasteiger partial charge in [-0.2, -0.15) is 0 Å². The van der Waals surface area contributed by atoms with Gasteiger partial charge in [-0.25, -0.2) is 4.98 Å². The van der Waals surface area contributed by atoms with E-state index in [1.165, 1.54) is 21.6 Å². The largest absolute Gasteiger partial charge is 0.497 e. The van der Waals surface area contributed by atoms with Gasteiger partial charge in [0.1, 0.15) is 11.6 Å². The summed E-state index contributed by atoms with van der Waals surface area (Å²) in [5.41, 5.74) is 4.42. The van der Waals surface area contributed by atoms with E-state index >= 15 is 0 Å². The Kier molecular flexibility index (Phi) is 7.47. The van der Waals surface area contributed by atoms with Crippen LogP contribution in [0.4, 0.5) is 0 Å². The molecule has 0 aliphatic heterocycles. The normalized spacial score (nSPS) is 11.0. The minimum atomic E-state index is 0.00480. The smallest absolute Gasteiger partial charge is 0.254 e. The molecule has 0 aliphatic rings. The van der Waals surface area contributed by atoms with E-state index in [1.54, 1.807) is 7.11 Å². The number of quaternary nitrogens is 1. The molecule has 0 spiro atoms. The number of carbonyl (C=O) groups is 1. The van der Waals surface area contributed by atoms with Gasteiger partial charge in [-0.3, -0.25) is 4.79 Å². The van der Waals surface area contributed by atoms with E-state index in [2.05, 4.69) is 55.7 Å². The maximum absolute atomic E-state index is 13.3. The van der Waals surface area contributed by atoms with Crippen molar-refractivity contribution in [3.63, 3.8) is 0 Å². The Morgan fingerprint density at radius 1 is 1.13 bits per heavy atom. The van der Waals surface area contributed by atoms with E-state index in [9.17, 15) is 4.79 Å². The Morgan fingerprint density at radius 2 is 1.87 bits per heavy atom. The molecule has 0 radical (unpaired) electrons. The maximum Gasteiger partial charge on any atom is 0.254 e. The summed E-state index contributed by atoms with van der Waals surface area (Å²) < 4.78 is 7.36. The highest BCUT2D eigenvalue weighted by atomic mass is 16.5. The van der Waals surface area contributed by atoms with Gasteiger partial charge in [-0.15, -0.1) is 0 Å². The standard InChI is InChI=1S/C25H32N4O2/c1-19-6-7-20(2)22(16-19)17-28-13-12-26-24(28)18-29(15-14-27(3)4)25(30)21-8-10-23(31-5)11-9-21/h6-13,16H,14-15,17-18H2,1-5H3/p+1. The third-order valence-corrected chi connectivity index (χ3v) is 5.49. The van der Waals surface area contributed by atoms with Gasteiger partial charge < -0.3 is 19.1 Å². The molecule has 0 bridgehead atoms. The molecule has 0 aliphatic carbocycles. The van der Waals surface area contributed by atoms with Crippen molar-refractivity contribution < 1.29 is 14.4 Å². The fourth-order valence-electron chi connectivity index (χ4n) is 3.49. The van der Waals surface area contributed by atoms with E-state index in [-0.39, 0.29) is 5.91 Å². The molecule has 6 nitrogen and oxygen atoms in total. The Balaban J connectivity index is 1.82. The third kappa shape index (κ3) is 5.95. The number of imidazole rings is 1. The van der Waals surface area contributed by atoms with Crippen molar-refractivity contribution in [2.24, 2.45) is 0 Å². The summed E-state index contributed by atoms with van der Waals surface area (Å²) in [6.45, 7) is 6.97. The fraction of sp³-hybridized carbons (Fsp3) is 0.360. The maximum atomic E-state index is 13.3. The van der Waals surface area contributed by atoms with Crippen LogP contribution in [-0.2, 0) is 13.1 Å². The number of ether oxygens (including phenoxy) is 1. The lowest BCUT2D eigenvalue weighted by molar-refractivity contribution is -0.857. The summed E-state index contributed by atoms with van der Waals surface area (Å²) in [7, 11) is 5.81. The number of rotatable bonds is 9. The molecular weight excluding hydrogens is 388 g/mol. The van der Waals surface area contributed by atoms with Crippen LogP contribution in [0.25, 0.3) is 0 Å². The first-order valence-electron chi connectivity index (χ1n) is 10.7. The second-order valence-corrected chi connectivity index (χ2v) is 8.31. The van der Waals surface area contributed by atoms with Crippen molar-refractivity contribution >= 4 is 5.91 Å². The molecule has 1 heterocycles. The lowest BCUT2D eigenvalue weighted by Crippen LogP contribution is -3.06. The van der Waals surface area contributed by atoms with Crippen LogP contribution in [0.3, 0.4) is 0 Å². The van der Waals surface area contributed by atoms with Crippen molar-refractivity contribution in [1.82, 2.24) is 14.5 Å². The highest BCUT2D eigenvalue weighted by Crippen LogP contribution is 2.16. The number of benzene rings is 2. The van der Waals surface area contributed by atoms with Crippen LogP contribution in [0.2, 0.25) is 0 Å². The van der Waals surface area contributed by atoms with Crippen LogP contribution in [-0.4, -0.2) is 54.7 Å². The van der Waals surface area contributed by atoms with E-state index in [0.29, 0.717) is 18.7 Å². The first-order chi connectivity index (χ1) is 14.9. The third-order valence-electron chi connectivity index (χ3n) is 5.49. The van der Waals surface area contributed by atoms with Gasteiger partial charge in [-0.1, -0.05) is 23.8 Å². The van der Waals surface area contributed by atoms with Crippen molar-refractivity contribution in [2.75, 3.05) is 34.3 Å². The Hall–Kier alpha value is -3.12. The molecule has 0 saturated heterocycles. The lowest BCUT2D eigenvalue weighted by Gasteiger charge is -2.24. The Labute approximate surface area is 185 Å². The van der Waals surface area contributed by atoms with Crippen LogP contribution in [0.15, 0.2) is 54.9 Å². The Bertz CT molecular complexity index is 1010. The predicted octanol–water partition coefficient (Wildman–Crippen LogP) is 2.34. The van der Waals surface area contributed by atoms with Gasteiger partial charge >= 0.3 is 0 Å². The van der Waals surface area contributed by atoms with Crippen molar-refractivity contribution in [3.8, 4) is 5.75 Å². The quantitative estimate of drug-likeness (QED) is 0.577. The van der Waals surface area contributed by atoms with Crippen molar-refractivity contribution in [2.45, 2.75) is 26.9 Å². The fourth-order valence-corrected chi connectivity index (χ4v) is 3.49. The summed E-state index contributed by atoms with van der Waals surface area (Å²) in [6, 6.07) is 13.8. The van der Waals surface area contributed by atoms with Gasteiger partial charge in [0, 0.05) is 24.5 Å². The summed E-state index contributed by atoms with van der Waals surface area (Å²) in [5, 5.41) is 0. The zero-order chi connectivity index (χ0) is 22.4. The predicted molar refractivity (Wildman–Crippen MR) is 123 cm³/mol. The summed E-state index contributed by atoms with van der Waals surface area (Å²) in [5.74, 6) is 1.63. The topological polar surface area (TPSA) is 51.8 Å². The molecule has 6 heteroatoms. The van der Waals surface area contributed by atoms with Gasteiger partial charge in [0.15, 0.2) is 0 Å². The van der Waals surface area contributed by atoms with Crippen LogP contribution in [0, 0.1) is 13.8 Å². The first kappa shape index (κ1) is 22.6. The highest BCUT2D eigenvalue weighted by Gasteiger charge is 2.20. The minimum absolute atomic E-state index is 0.00480. The summed E-state index contributed by atoms with van der Waals surface area (Å²) in [6.07, 6.45) is 3.80. The van der Waals surface area contributed by atoms with Gasteiger partial charge in [-0.05, 0) is 49.2 Å². The van der Waals surface area contributed by atoms with E-state index in [4.69, 9.17) is 4.74 Å². The van der Waals surface area contributed by atoms with E-state index in [1.807, 2.05) is 41.6 Å². The monoisotopic (exact) mass is 421 g/mol. The molecule has 3 rings (SSSR count). The Morgan fingerprint density at radius 3 is 2.55 bits per heavy atom. The zero-order valence-electron chi connectivity index (χ0n) is 19.2. The molecule has 3 aromatic rings. The number of methoxy groups -OCH3 is 1. The zero-order valence-corrected chi connectivity index (χ0v) is 19.2. The molecule has 1 aromatic heterocycles. The van der Waals surface area contributed by atoms with Crippen LogP contribution >= 0.6 is 0 Å². The van der Waals surface area contributed by atoms with Gasteiger partial charge in [0.2, 0.25) is 0 Å². The average molecular weight is 422 g/mol. The van der Waals surface area contributed by atoms with Gasteiger partial charge in [0.05, 0.1) is 40.8 Å². The van der Waals surface area contributed by atoms with Crippen molar-refractivity contribution in [3.05, 3.63) is 82.9 Å². The number of hydrogen-bond donors (Lipinski definition) is 1. The van der Waals surface area contributed by atoms with E-state index < -0.39 is 0 Å².